The number of hydrogen-bond acceptors (Lipinski definition) is 5. The molecule has 1 aromatic heterocycles. The van der Waals surface area contributed by atoms with Gasteiger partial charge < -0.3 is 15.5 Å². The van der Waals surface area contributed by atoms with Crippen LogP contribution in [0.1, 0.15) is 12.6 Å². The summed E-state index contributed by atoms with van der Waals surface area (Å²) in [5, 5.41) is 22.4. The van der Waals surface area contributed by atoms with Gasteiger partial charge in [0.1, 0.15) is 12.1 Å². The van der Waals surface area contributed by atoms with Gasteiger partial charge in [-0.25, -0.2) is 0 Å². The Balaban J connectivity index is 2.54. The van der Waals surface area contributed by atoms with E-state index in [1.165, 1.54) is 11.5 Å². The predicted molar refractivity (Wildman–Crippen MR) is 64.0 cm³/mol. The molecule has 17 heavy (non-hydrogen) atoms. The van der Waals surface area contributed by atoms with E-state index in [9.17, 15) is 14.7 Å². The van der Waals surface area contributed by atoms with Crippen molar-refractivity contribution in [1.29, 1.82) is 0 Å². The van der Waals surface area contributed by atoms with Gasteiger partial charge in [0.2, 0.25) is 5.91 Å². The number of rotatable bonds is 5. The van der Waals surface area contributed by atoms with Crippen LogP contribution in [0.4, 0.5) is 0 Å². The van der Waals surface area contributed by atoms with Gasteiger partial charge in [-0.05, 0) is 13.8 Å². The minimum Gasteiger partial charge on any atom is -0.393 e. The monoisotopic (exact) mass is 260 g/mol. The van der Waals surface area contributed by atoms with E-state index >= 15 is 0 Å². The molecular formula is C10H16N2O4S. The fourth-order valence-electron chi connectivity index (χ4n) is 1.14. The SMILES string of the molecule is Cc1csc(=O)n1CC(=O)NCC(C)(O)CO. The van der Waals surface area contributed by atoms with Crippen molar-refractivity contribution in [3.05, 3.63) is 20.7 Å². The third-order valence-corrected chi connectivity index (χ3v) is 3.17. The van der Waals surface area contributed by atoms with E-state index in [1.807, 2.05) is 0 Å². The molecule has 3 N–H and O–H groups in total. The zero-order valence-electron chi connectivity index (χ0n) is 9.77. The molecule has 6 nitrogen and oxygen atoms in total. The van der Waals surface area contributed by atoms with Gasteiger partial charge in [-0.2, -0.15) is 0 Å². The van der Waals surface area contributed by atoms with Gasteiger partial charge in [-0.15, -0.1) is 0 Å². The van der Waals surface area contributed by atoms with E-state index in [4.69, 9.17) is 5.11 Å². The third-order valence-electron chi connectivity index (χ3n) is 2.29. The molecule has 0 bridgehead atoms. The quantitative estimate of drug-likeness (QED) is 0.638. The number of nitrogens with zero attached hydrogens (tertiary/aromatic N) is 1. The number of thiazole rings is 1. The molecule has 0 spiro atoms. The molecule has 0 aliphatic carbocycles. The van der Waals surface area contributed by atoms with E-state index < -0.39 is 12.2 Å². The number of aliphatic hydroxyl groups excluding tert-OH is 1. The molecule has 0 saturated heterocycles. The molecule has 0 aliphatic heterocycles. The first-order valence-corrected chi connectivity index (χ1v) is 5.98. The lowest BCUT2D eigenvalue weighted by Crippen LogP contribution is -2.44. The van der Waals surface area contributed by atoms with Crippen molar-refractivity contribution in [2.24, 2.45) is 0 Å². The highest BCUT2D eigenvalue weighted by Gasteiger charge is 2.20. The molecular weight excluding hydrogens is 244 g/mol. The number of aliphatic hydroxyl groups is 2. The van der Waals surface area contributed by atoms with Crippen LogP contribution in [-0.4, -0.2) is 39.4 Å². The minimum absolute atomic E-state index is 0.0553. The van der Waals surface area contributed by atoms with Gasteiger partial charge >= 0.3 is 4.87 Å². The lowest BCUT2D eigenvalue weighted by Gasteiger charge is -2.20. The van der Waals surface area contributed by atoms with E-state index in [-0.39, 0.29) is 23.9 Å². The molecule has 0 aliphatic rings. The zero-order chi connectivity index (χ0) is 13.1. The van der Waals surface area contributed by atoms with E-state index in [0.29, 0.717) is 0 Å². The Morgan fingerprint density at radius 3 is 2.76 bits per heavy atom. The Labute approximate surface area is 103 Å². The Morgan fingerprint density at radius 1 is 1.65 bits per heavy atom. The first kappa shape index (κ1) is 13.9. The van der Waals surface area contributed by atoms with Crippen LogP contribution in [0.25, 0.3) is 0 Å². The first-order valence-electron chi connectivity index (χ1n) is 5.10. The topological polar surface area (TPSA) is 91.6 Å². The van der Waals surface area contributed by atoms with Crippen LogP contribution >= 0.6 is 11.3 Å². The summed E-state index contributed by atoms with van der Waals surface area (Å²) >= 11 is 1.04. The highest BCUT2D eigenvalue weighted by atomic mass is 32.1. The molecule has 1 atom stereocenters. The van der Waals surface area contributed by atoms with Crippen molar-refractivity contribution >= 4 is 17.2 Å². The molecule has 1 unspecified atom stereocenters. The van der Waals surface area contributed by atoms with Crippen molar-refractivity contribution in [3.63, 3.8) is 0 Å². The maximum atomic E-state index is 11.5. The molecule has 1 heterocycles. The smallest absolute Gasteiger partial charge is 0.307 e. The molecule has 1 rings (SSSR count). The van der Waals surface area contributed by atoms with E-state index in [1.54, 1.807) is 12.3 Å². The molecule has 7 heteroatoms. The summed E-state index contributed by atoms with van der Waals surface area (Å²) in [6.07, 6.45) is 0. The van der Waals surface area contributed by atoms with Crippen molar-refractivity contribution < 1.29 is 15.0 Å². The van der Waals surface area contributed by atoms with E-state index in [2.05, 4.69) is 5.32 Å². The number of carbonyl (C=O) groups is 1. The number of aryl methyl sites for hydroxylation is 1. The molecule has 0 aromatic carbocycles. The second-order valence-electron chi connectivity index (χ2n) is 4.16. The van der Waals surface area contributed by atoms with Crippen LogP contribution in [0.2, 0.25) is 0 Å². The van der Waals surface area contributed by atoms with Gasteiger partial charge in [0.05, 0.1) is 6.61 Å². The number of aromatic nitrogens is 1. The number of nitrogens with one attached hydrogen (secondary N) is 1. The Kier molecular flexibility index (Phi) is 4.44. The van der Waals surface area contributed by atoms with Crippen LogP contribution in [0.5, 0.6) is 0 Å². The summed E-state index contributed by atoms with van der Waals surface area (Å²) in [5.41, 5.74) is -0.617. The molecule has 0 fully saturated rings. The van der Waals surface area contributed by atoms with Crippen LogP contribution < -0.4 is 10.2 Å². The average molecular weight is 260 g/mol. The average Bonchev–Trinajstić information content (AvgIpc) is 2.58. The molecule has 96 valence electrons. The van der Waals surface area contributed by atoms with Gasteiger partial charge in [0, 0.05) is 17.6 Å². The lowest BCUT2D eigenvalue weighted by atomic mass is 10.1. The summed E-state index contributed by atoms with van der Waals surface area (Å²) in [7, 11) is 0. The van der Waals surface area contributed by atoms with E-state index in [0.717, 1.165) is 17.0 Å². The summed E-state index contributed by atoms with van der Waals surface area (Å²) in [5.74, 6) is -0.373. The molecule has 1 amide bonds. The predicted octanol–water partition coefficient (Wildman–Crippen LogP) is -0.922. The van der Waals surface area contributed by atoms with Crippen molar-refractivity contribution in [1.82, 2.24) is 9.88 Å². The first-order chi connectivity index (χ1) is 7.85. The van der Waals surface area contributed by atoms with Crippen molar-refractivity contribution in [2.45, 2.75) is 26.0 Å². The number of carbonyl (C=O) groups excluding carboxylic acids is 1. The molecule has 0 saturated carbocycles. The standard InChI is InChI=1S/C10H16N2O4S/c1-7-4-17-9(15)12(7)3-8(14)11-5-10(2,16)6-13/h4,13,16H,3,5-6H2,1-2H3,(H,11,14). The summed E-state index contributed by atoms with van der Waals surface area (Å²) in [6.45, 7) is 2.59. The Hall–Kier alpha value is -1.18. The maximum absolute atomic E-state index is 11.5. The maximum Gasteiger partial charge on any atom is 0.307 e. The zero-order valence-corrected chi connectivity index (χ0v) is 10.6. The highest BCUT2D eigenvalue weighted by Crippen LogP contribution is 2.00. The van der Waals surface area contributed by atoms with Crippen LogP contribution in [0.3, 0.4) is 0 Å². The Morgan fingerprint density at radius 2 is 2.29 bits per heavy atom. The number of hydrogen-bond donors (Lipinski definition) is 3. The van der Waals surface area contributed by atoms with Gasteiger partial charge in [-0.3, -0.25) is 14.2 Å². The summed E-state index contributed by atoms with van der Waals surface area (Å²) < 4.78 is 1.35. The van der Waals surface area contributed by atoms with Crippen LogP contribution in [0, 0.1) is 6.92 Å². The minimum atomic E-state index is -1.34. The van der Waals surface area contributed by atoms with Gasteiger partial charge in [-0.1, -0.05) is 11.3 Å². The van der Waals surface area contributed by atoms with Gasteiger partial charge in [0.25, 0.3) is 0 Å². The summed E-state index contributed by atoms with van der Waals surface area (Å²) in [4.78, 5) is 22.7. The van der Waals surface area contributed by atoms with Crippen LogP contribution in [-0.2, 0) is 11.3 Å². The fraction of sp³-hybridized carbons (Fsp3) is 0.600. The second-order valence-corrected chi connectivity index (χ2v) is 4.98. The third kappa shape index (κ3) is 3.95. The highest BCUT2D eigenvalue weighted by molar-refractivity contribution is 7.07. The fourth-order valence-corrected chi connectivity index (χ4v) is 1.87. The largest absolute Gasteiger partial charge is 0.393 e. The normalized spacial score (nSPS) is 14.4. The number of amides is 1. The Bertz CT molecular complexity index is 449. The summed E-state index contributed by atoms with van der Waals surface area (Å²) in [6, 6.07) is 0. The van der Waals surface area contributed by atoms with Gasteiger partial charge in [0.15, 0.2) is 0 Å². The molecule has 0 radical (unpaired) electrons. The molecule has 1 aromatic rings. The van der Waals surface area contributed by atoms with Crippen LogP contribution in [0.15, 0.2) is 10.2 Å². The second kappa shape index (κ2) is 5.44. The lowest BCUT2D eigenvalue weighted by molar-refractivity contribution is -0.123. The van der Waals surface area contributed by atoms with Crippen molar-refractivity contribution in [3.8, 4) is 0 Å². The van der Waals surface area contributed by atoms with Crippen molar-refractivity contribution in [2.75, 3.05) is 13.2 Å².